The van der Waals surface area contributed by atoms with Gasteiger partial charge in [0.05, 0.1) is 11.8 Å². The molecule has 3 rings (SSSR count). The number of hydrogen-bond acceptors (Lipinski definition) is 9. The molecule has 11 nitrogen and oxygen atoms in total. The van der Waals surface area contributed by atoms with Crippen LogP contribution >= 0.6 is 18.7 Å². The van der Waals surface area contributed by atoms with Crippen LogP contribution in [-0.2, 0) is 34.8 Å². The van der Waals surface area contributed by atoms with E-state index in [0.29, 0.717) is 5.56 Å². The number of hydrogen-bond donors (Lipinski definition) is 4. The molecule has 3 aromatic rings. The first-order valence-electron chi connectivity index (χ1n) is 13.9. The van der Waals surface area contributed by atoms with E-state index in [-0.39, 0.29) is 12.0 Å². The van der Waals surface area contributed by atoms with Crippen molar-refractivity contribution < 1.29 is 43.5 Å². The molecule has 0 bridgehead atoms. The molecule has 5 atom stereocenters. The van der Waals surface area contributed by atoms with Crippen molar-refractivity contribution >= 4 is 42.0 Å². The maximum atomic E-state index is 13.9. The monoisotopic (exact) mass is 644 g/mol. The number of benzene rings is 2. The summed E-state index contributed by atoms with van der Waals surface area (Å²) in [6.07, 6.45) is -3.76. The third kappa shape index (κ3) is 10.2. The molecule has 2 aromatic carbocycles. The third-order valence-electron chi connectivity index (χ3n) is 6.52. The second-order valence-electron chi connectivity index (χ2n) is 10.5. The van der Waals surface area contributed by atoms with Crippen LogP contribution in [-0.4, -0.2) is 63.3 Å². The molecule has 0 fully saturated rings. The van der Waals surface area contributed by atoms with Gasteiger partial charge in [0, 0.05) is 17.1 Å². The summed E-state index contributed by atoms with van der Waals surface area (Å²) in [5, 5.41) is 25.4. The average Bonchev–Trinajstić information content (AvgIpc) is 3.50. The molecule has 0 spiro atoms. The molecule has 0 aliphatic heterocycles. The Morgan fingerprint density at radius 1 is 0.977 bits per heavy atom. The van der Waals surface area contributed by atoms with E-state index in [1.807, 2.05) is 42.5 Å². The van der Waals surface area contributed by atoms with Crippen molar-refractivity contribution in [2.45, 2.75) is 52.9 Å². The Bertz CT molecular complexity index is 1480. The molecule has 5 unspecified atom stereocenters. The number of aliphatic imine (C=N–C) groups is 1. The number of carbonyl (C=O) groups is 3. The minimum Gasteiger partial charge on any atom is -0.480 e. The van der Waals surface area contributed by atoms with Crippen molar-refractivity contribution in [1.82, 2.24) is 5.32 Å². The van der Waals surface area contributed by atoms with Gasteiger partial charge in [0.15, 0.2) is 0 Å². The number of nitrogens with one attached hydrogen (secondary N) is 1. The molecule has 1 heterocycles. The standard InChI is InChI=1S/C31H37N2O9PS/c1-19(2)30(37)41-21(4)42-31(38)33-28(25-14-15-44-18-25)43(39,40)17-26(27(34)32-20(3)29(35)36)16-22-10-12-24(13-11-22)23-8-6-5-7-9-23/h5-15,18-21,26,31,38H,16-17H2,1-4H3,(H,32,34)(H,35,36)(H,39,40). The van der Waals surface area contributed by atoms with E-state index in [2.05, 4.69) is 10.3 Å². The molecule has 1 aromatic heterocycles. The zero-order valence-electron chi connectivity index (χ0n) is 24.8. The lowest BCUT2D eigenvalue weighted by Crippen LogP contribution is -2.43. The molecular formula is C31H37N2O9PS. The third-order valence-corrected chi connectivity index (χ3v) is 9.18. The highest BCUT2D eigenvalue weighted by Crippen LogP contribution is 2.48. The summed E-state index contributed by atoms with van der Waals surface area (Å²) in [5.74, 6) is -4.13. The number of aliphatic hydroxyl groups excluding tert-OH is 1. The lowest BCUT2D eigenvalue weighted by molar-refractivity contribution is -0.219. The Hall–Kier alpha value is -3.67. The van der Waals surface area contributed by atoms with Crippen molar-refractivity contribution in [3.05, 3.63) is 82.6 Å². The molecule has 1 amide bonds. The number of amides is 1. The van der Waals surface area contributed by atoms with Gasteiger partial charge in [0.1, 0.15) is 11.5 Å². The first kappa shape index (κ1) is 34.8. The van der Waals surface area contributed by atoms with Gasteiger partial charge in [-0.25, -0.2) is 4.99 Å². The van der Waals surface area contributed by atoms with E-state index >= 15 is 0 Å². The van der Waals surface area contributed by atoms with Crippen molar-refractivity contribution in [1.29, 1.82) is 0 Å². The first-order valence-corrected chi connectivity index (χ1v) is 16.7. The van der Waals surface area contributed by atoms with Crippen LogP contribution < -0.4 is 5.32 Å². The quantitative estimate of drug-likeness (QED) is 0.0791. The number of esters is 1. The molecule has 0 aliphatic rings. The Morgan fingerprint density at radius 2 is 1.61 bits per heavy atom. The number of aliphatic carboxylic acids is 1. The van der Waals surface area contributed by atoms with Crippen LogP contribution in [0, 0.1) is 11.8 Å². The first-order chi connectivity index (χ1) is 20.8. The maximum absolute atomic E-state index is 13.9. The predicted octanol–water partition coefficient (Wildman–Crippen LogP) is 4.72. The van der Waals surface area contributed by atoms with Crippen LogP contribution in [0.15, 0.2) is 76.4 Å². The summed E-state index contributed by atoms with van der Waals surface area (Å²) in [4.78, 5) is 51.9. The summed E-state index contributed by atoms with van der Waals surface area (Å²) in [7, 11) is -4.50. The molecule has 0 radical (unpaired) electrons. The van der Waals surface area contributed by atoms with Gasteiger partial charge in [-0.2, -0.15) is 11.3 Å². The highest BCUT2D eigenvalue weighted by molar-refractivity contribution is 7.76. The Balaban J connectivity index is 1.89. The molecule has 0 saturated heterocycles. The fraction of sp³-hybridized carbons (Fsp3) is 0.355. The van der Waals surface area contributed by atoms with Crippen LogP contribution in [0.4, 0.5) is 0 Å². The van der Waals surface area contributed by atoms with Crippen LogP contribution in [0.3, 0.4) is 0 Å². The summed E-state index contributed by atoms with van der Waals surface area (Å²) < 4.78 is 24.2. The van der Waals surface area contributed by atoms with Crippen LogP contribution in [0.25, 0.3) is 11.1 Å². The normalized spacial score (nSPS) is 15.9. The van der Waals surface area contributed by atoms with Crippen molar-refractivity contribution in [3.63, 3.8) is 0 Å². The number of thiophene rings is 1. The second kappa shape index (κ2) is 15.9. The fourth-order valence-corrected chi connectivity index (χ4v) is 6.77. The highest BCUT2D eigenvalue weighted by Gasteiger charge is 2.36. The number of carboxylic acid groups (broad SMARTS) is 1. The fourth-order valence-electron chi connectivity index (χ4n) is 4.16. The highest BCUT2D eigenvalue weighted by atomic mass is 32.1. The number of nitrogens with zero attached hydrogens (tertiary/aromatic N) is 1. The summed E-state index contributed by atoms with van der Waals surface area (Å²) in [6, 6.07) is 17.3. The van der Waals surface area contributed by atoms with E-state index < -0.39 is 67.4 Å². The van der Waals surface area contributed by atoms with E-state index in [9.17, 15) is 34.1 Å². The van der Waals surface area contributed by atoms with Gasteiger partial charge < -0.3 is 25.2 Å². The van der Waals surface area contributed by atoms with Crippen molar-refractivity contribution in [2.75, 3.05) is 6.16 Å². The molecule has 236 valence electrons. The minimum atomic E-state index is -4.50. The van der Waals surface area contributed by atoms with Gasteiger partial charge in [0.25, 0.3) is 6.41 Å². The maximum Gasteiger partial charge on any atom is 0.325 e. The summed E-state index contributed by atoms with van der Waals surface area (Å²) in [5.41, 5.74) is 2.47. The SMILES string of the molecule is CC(OC(=O)C(C)C)OC(O)N=C(c1ccsc1)P(=O)(O)CC(Cc1ccc(-c2ccccc2)cc1)C(=O)NC(C)C(=O)O. The van der Waals surface area contributed by atoms with Gasteiger partial charge in [-0.1, -0.05) is 68.4 Å². The minimum absolute atomic E-state index is 0.0238. The molecule has 0 saturated carbocycles. The van der Waals surface area contributed by atoms with Gasteiger partial charge in [-0.05, 0) is 48.4 Å². The van der Waals surface area contributed by atoms with Crippen LogP contribution in [0.1, 0.15) is 38.8 Å². The van der Waals surface area contributed by atoms with Crippen molar-refractivity contribution in [3.8, 4) is 11.1 Å². The zero-order chi connectivity index (χ0) is 32.4. The molecule has 4 N–H and O–H groups in total. The van der Waals surface area contributed by atoms with Crippen LogP contribution in [0.5, 0.6) is 0 Å². The number of ether oxygens (including phenoxy) is 2. The van der Waals surface area contributed by atoms with Gasteiger partial charge >= 0.3 is 11.9 Å². The predicted molar refractivity (Wildman–Crippen MR) is 167 cm³/mol. The molecule has 44 heavy (non-hydrogen) atoms. The number of rotatable bonds is 15. The molecular weight excluding hydrogens is 607 g/mol. The average molecular weight is 645 g/mol. The van der Waals surface area contributed by atoms with Gasteiger partial charge in [-0.15, -0.1) is 0 Å². The lowest BCUT2D eigenvalue weighted by Gasteiger charge is -2.23. The van der Waals surface area contributed by atoms with Gasteiger partial charge in [0.2, 0.25) is 19.6 Å². The van der Waals surface area contributed by atoms with E-state index in [1.165, 1.54) is 31.3 Å². The second-order valence-corrected chi connectivity index (χ2v) is 13.5. The topological polar surface area (TPSA) is 172 Å². The van der Waals surface area contributed by atoms with Gasteiger partial charge in [-0.3, -0.25) is 23.7 Å². The molecule has 13 heteroatoms. The Labute approximate surface area is 260 Å². The van der Waals surface area contributed by atoms with Crippen molar-refractivity contribution in [2.24, 2.45) is 16.8 Å². The lowest BCUT2D eigenvalue weighted by atomic mass is 9.97. The van der Waals surface area contributed by atoms with E-state index in [0.717, 1.165) is 11.1 Å². The number of aliphatic hydroxyl groups is 1. The summed E-state index contributed by atoms with van der Waals surface area (Å²) >= 11 is 1.23. The van der Waals surface area contributed by atoms with Crippen LogP contribution in [0.2, 0.25) is 0 Å². The number of carboxylic acids is 1. The molecule has 0 aliphatic carbocycles. The summed E-state index contributed by atoms with van der Waals surface area (Å²) in [6.45, 7) is 5.92. The zero-order valence-corrected chi connectivity index (χ0v) is 26.5. The largest absolute Gasteiger partial charge is 0.480 e. The van der Waals surface area contributed by atoms with E-state index in [4.69, 9.17) is 9.47 Å². The Kier molecular flexibility index (Phi) is 12.6. The van der Waals surface area contributed by atoms with E-state index in [1.54, 1.807) is 36.7 Å². The number of carbonyl (C=O) groups excluding carboxylic acids is 2. The Morgan fingerprint density at radius 3 is 2.18 bits per heavy atom. The smallest absolute Gasteiger partial charge is 0.325 e.